The summed E-state index contributed by atoms with van der Waals surface area (Å²) < 4.78 is 5.26. The van der Waals surface area contributed by atoms with Gasteiger partial charge in [0.1, 0.15) is 5.60 Å². The highest BCUT2D eigenvalue weighted by atomic mass is 16.6. The zero-order valence-corrected chi connectivity index (χ0v) is 12.3. The van der Waals surface area contributed by atoms with E-state index in [2.05, 4.69) is 17.3 Å². The van der Waals surface area contributed by atoms with Gasteiger partial charge in [-0.3, -0.25) is 4.79 Å². The Kier molecular flexibility index (Phi) is 6.09. The molecule has 1 rings (SSSR count). The molecule has 0 bridgehead atoms. The predicted octanol–water partition coefficient (Wildman–Crippen LogP) is 1.79. The second kappa shape index (κ2) is 7.10. The van der Waals surface area contributed by atoms with E-state index in [0.717, 1.165) is 6.54 Å². The molecule has 0 radical (unpaired) electrons. The van der Waals surface area contributed by atoms with Gasteiger partial charge in [0, 0.05) is 19.1 Å². The Morgan fingerprint density at radius 2 is 2.11 bits per heavy atom. The second-order valence-electron chi connectivity index (χ2n) is 6.17. The van der Waals surface area contributed by atoms with E-state index in [0.29, 0.717) is 19.0 Å². The van der Waals surface area contributed by atoms with Crippen LogP contribution in [0.1, 0.15) is 46.5 Å². The largest absolute Gasteiger partial charge is 0.460 e. The van der Waals surface area contributed by atoms with E-state index >= 15 is 0 Å². The second-order valence-corrected chi connectivity index (χ2v) is 6.17. The number of esters is 1. The number of piperidine rings is 1. The summed E-state index contributed by atoms with van der Waals surface area (Å²) in [6.45, 7) is 8.57. The maximum Gasteiger partial charge on any atom is 0.307 e. The fourth-order valence-electron chi connectivity index (χ4n) is 2.25. The van der Waals surface area contributed by atoms with Gasteiger partial charge in [-0.15, -0.1) is 0 Å². The number of nitrogens with zero attached hydrogens (tertiary/aromatic N) is 1. The monoisotopic (exact) mass is 256 g/mol. The molecule has 106 valence electrons. The lowest BCUT2D eigenvalue weighted by molar-refractivity contribution is -0.154. The third-order valence-electron chi connectivity index (χ3n) is 3.23. The van der Waals surface area contributed by atoms with Gasteiger partial charge in [0.25, 0.3) is 0 Å². The summed E-state index contributed by atoms with van der Waals surface area (Å²) in [5.74, 6) is -0.119. The molecule has 0 spiro atoms. The van der Waals surface area contributed by atoms with Crippen LogP contribution in [0.3, 0.4) is 0 Å². The van der Waals surface area contributed by atoms with Crippen molar-refractivity contribution in [2.75, 3.05) is 26.7 Å². The van der Waals surface area contributed by atoms with Crippen LogP contribution in [0.15, 0.2) is 0 Å². The van der Waals surface area contributed by atoms with Crippen molar-refractivity contribution in [1.29, 1.82) is 0 Å². The molecule has 0 aromatic heterocycles. The van der Waals surface area contributed by atoms with Crippen molar-refractivity contribution in [1.82, 2.24) is 10.2 Å². The highest BCUT2D eigenvalue weighted by Gasteiger charge is 2.19. The van der Waals surface area contributed by atoms with E-state index in [-0.39, 0.29) is 11.6 Å². The SMILES string of the molecule is CN1CCCCC1CNCCC(=O)OC(C)(C)C. The minimum atomic E-state index is -0.374. The van der Waals surface area contributed by atoms with Gasteiger partial charge in [-0.25, -0.2) is 0 Å². The molecular weight excluding hydrogens is 228 g/mol. The van der Waals surface area contributed by atoms with Crippen molar-refractivity contribution >= 4 is 5.97 Å². The molecule has 1 fully saturated rings. The number of carbonyl (C=O) groups is 1. The Bertz CT molecular complexity index is 261. The molecular formula is C14H28N2O2. The molecule has 1 aliphatic rings. The third-order valence-corrected chi connectivity index (χ3v) is 3.23. The molecule has 1 aliphatic heterocycles. The van der Waals surface area contributed by atoms with Crippen molar-refractivity contribution < 1.29 is 9.53 Å². The first-order chi connectivity index (χ1) is 8.38. The summed E-state index contributed by atoms with van der Waals surface area (Å²) in [6, 6.07) is 0.623. The van der Waals surface area contributed by atoms with Gasteiger partial charge in [0.2, 0.25) is 0 Å². The first-order valence-electron chi connectivity index (χ1n) is 7.01. The number of likely N-dealkylation sites (N-methyl/N-ethyl adjacent to an activating group) is 1. The summed E-state index contributed by atoms with van der Waals surface area (Å²) in [5.41, 5.74) is -0.374. The van der Waals surface area contributed by atoms with Crippen LogP contribution in [0.5, 0.6) is 0 Å². The highest BCUT2D eigenvalue weighted by Crippen LogP contribution is 2.14. The van der Waals surface area contributed by atoms with E-state index in [9.17, 15) is 4.79 Å². The Morgan fingerprint density at radius 3 is 2.72 bits per heavy atom. The predicted molar refractivity (Wildman–Crippen MR) is 73.6 cm³/mol. The van der Waals surface area contributed by atoms with Gasteiger partial charge in [-0.1, -0.05) is 6.42 Å². The van der Waals surface area contributed by atoms with E-state index in [1.807, 2.05) is 20.8 Å². The van der Waals surface area contributed by atoms with Gasteiger partial charge < -0.3 is 15.0 Å². The smallest absolute Gasteiger partial charge is 0.307 e. The summed E-state index contributed by atoms with van der Waals surface area (Å²) in [6.07, 6.45) is 4.34. The van der Waals surface area contributed by atoms with Crippen molar-refractivity contribution in [2.24, 2.45) is 0 Å². The van der Waals surface area contributed by atoms with Gasteiger partial charge in [-0.2, -0.15) is 0 Å². The van der Waals surface area contributed by atoms with Crippen molar-refractivity contribution in [3.8, 4) is 0 Å². The van der Waals surface area contributed by atoms with Crippen molar-refractivity contribution in [2.45, 2.75) is 58.1 Å². The van der Waals surface area contributed by atoms with Crippen LogP contribution in [0.4, 0.5) is 0 Å². The fraction of sp³-hybridized carbons (Fsp3) is 0.929. The van der Waals surface area contributed by atoms with Crippen LogP contribution in [0.2, 0.25) is 0 Å². The quantitative estimate of drug-likeness (QED) is 0.601. The fourth-order valence-corrected chi connectivity index (χ4v) is 2.25. The van der Waals surface area contributed by atoms with E-state index in [4.69, 9.17) is 4.74 Å². The van der Waals surface area contributed by atoms with Crippen LogP contribution >= 0.6 is 0 Å². The summed E-state index contributed by atoms with van der Waals surface area (Å²) in [4.78, 5) is 13.9. The average Bonchev–Trinajstić information content (AvgIpc) is 2.24. The maximum atomic E-state index is 11.5. The Balaban J connectivity index is 2.09. The molecule has 0 aromatic carbocycles. The zero-order valence-electron chi connectivity index (χ0n) is 12.3. The molecule has 1 atom stereocenters. The van der Waals surface area contributed by atoms with Crippen LogP contribution < -0.4 is 5.32 Å². The third kappa shape index (κ3) is 6.36. The standard InChI is InChI=1S/C14H28N2O2/c1-14(2,3)18-13(17)8-9-15-11-12-7-5-6-10-16(12)4/h12,15H,5-11H2,1-4H3. The minimum Gasteiger partial charge on any atom is -0.460 e. The topological polar surface area (TPSA) is 41.6 Å². The Morgan fingerprint density at radius 1 is 1.39 bits per heavy atom. The number of rotatable bonds is 5. The lowest BCUT2D eigenvalue weighted by Gasteiger charge is -2.32. The molecule has 0 saturated carbocycles. The molecule has 4 heteroatoms. The lowest BCUT2D eigenvalue weighted by atomic mass is 10.0. The van der Waals surface area contributed by atoms with Crippen LogP contribution in [0.25, 0.3) is 0 Å². The summed E-state index contributed by atoms with van der Waals surface area (Å²) >= 11 is 0. The van der Waals surface area contributed by atoms with E-state index in [1.54, 1.807) is 0 Å². The van der Waals surface area contributed by atoms with Crippen LogP contribution in [0, 0.1) is 0 Å². The van der Waals surface area contributed by atoms with Gasteiger partial charge in [-0.05, 0) is 47.2 Å². The van der Waals surface area contributed by atoms with Crippen molar-refractivity contribution in [3.05, 3.63) is 0 Å². The molecule has 1 unspecified atom stereocenters. The molecule has 1 N–H and O–H groups in total. The zero-order chi connectivity index (χ0) is 13.6. The number of ether oxygens (including phenoxy) is 1. The molecule has 0 amide bonds. The minimum absolute atomic E-state index is 0.119. The lowest BCUT2D eigenvalue weighted by Crippen LogP contribution is -2.43. The molecule has 0 aliphatic carbocycles. The molecule has 0 aromatic rings. The normalized spacial score (nSPS) is 21.9. The first-order valence-corrected chi connectivity index (χ1v) is 7.01. The highest BCUT2D eigenvalue weighted by molar-refractivity contribution is 5.70. The molecule has 1 heterocycles. The van der Waals surface area contributed by atoms with Gasteiger partial charge >= 0.3 is 5.97 Å². The summed E-state index contributed by atoms with van der Waals surface area (Å²) in [7, 11) is 2.18. The number of hydrogen-bond acceptors (Lipinski definition) is 4. The van der Waals surface area contributed by atoms with Gasteiger partial charge in [0.05, 0.1) is 6.42 Å². The van der Waals surface area contributed by atoms with Crippen LogP contribution in [-0.2, 0) is 9.53 Å². The first kappa shape index (κ1) is 15.4. The van der Waals surface area contributed by atoms with Crippen molar-refractivity contribution in [3.63, 3.8) is 0 Å². The van der Waals surface area contributed by atoms with E-state index < -0.39 is 0 Å². The Labute approximate surface area is 111 Å². The number of carbonyl (C=O) groups excluding carboxylic acids is 1. The molecule has 4 nitrogen and oxygen atoms in total. The molecule has 1 saturated heterocycles. The van der Waals surface area contributed by atoms with Gasteiger partial charge in [0.15, 0.2) is 0 Å². The maximum absolute atomic E-state index is 11.5. The number of hydrogen-bond donors (Lipinski definition) is 1. The Hall–Kier alpha value is -0.610. The number of nitrogens with one attached hydrogen (secondary N) is 1. The average molecular weight is 256 g/mol. The summed E-state index contributed by atoms with van der Waals surface area (Å²) in [5, 5.41) is 3.36. The van der Waals surface area contributed by atoms with Crippen LogP contribution in [-0.4, -0.2) is 49.2 Å². The number of likely N-dealkylation sites (tertiary alicyclic amines) is 1. The molecule has 18 heavy (non-hydrogen) atoms. The van der Waals surface area contributed by atoms with E-state index in [1.165, 1.54) is 25.8 Å².